The predicted octanol–water partition coefficient (Wildman–Crippen LogP) is 4.16. The van der Waals surface area contributed by atoms with E-state index in [9.17, 15) is 4.79 Å². The van der Waals surface area contributed by atoms with Gasteiger partial charge < -0.3 is 10.4 Å². The molecule has 0 saturated carbocycles. The van der Waals surface area contributed by atoms with Crippen molar-refractivity contribution in [3.05, 3.63) is 57.7 Å². The monoisotopic (exact) mass is 379 g/mol. The number of carboxylic acid groups (broad SMARTS) is 1. The first-order valence-corrected chi connectivity index (χ1v) is 8.89. The molecule has 5 nitrogen and oxygen atoms in total. The number of nitrogens with zero attached hydrogens (tertiary/aromatic N) is 2. The number of carbonyl (C=O) groups is 1. The molecule has 0 bridgehead atoms. The number of pyridine rings is 1. The molecule has 0 radical (unpaired) electrons. The normalized spacial score (nSPS) is 15.9. The van der Waals surface area contributed by atoms with Crippen molar-refractivity contribution in [3.63, 3.8) is 0 Å². The minimum atomic E-state index is -1.02. The molecular formula is C18H19Cl2N3O2. The van der Waals surface area contributed by atoms with Crippen molar-refractivity contribution in [2.45, 2.75) is 25.4 Å². The number of aromatic nitrogens is 1. The van der Waals surface area contributed by atoms with Crippen LogP contribution in [0.3, 0.4) is 0 Å². The van der Waals surface area contributed by atoms with Crippen LogP contribution >= 0.6 is 23.2 Å². The van der Waals surface area contributed by atoms with Crippen molar-refractivity contribution in [3.8, 4) is 0 Å². The number of piperidine rings is 1. The molecule has 0 amide bonds. The maximum Gasteiger partial charge on any atom is 0.354 e. The smallest absolute Gasteiger partial charge is 0.354 e. The zero-order chi connectivity index (χ0) is 17.8. The summed E-state index contributed by atoms with van der Waals surface area (Å²) in [5.41, 5.74) is 1.17. The van der Waals surface area contributed by atoms with E-state index in [0.717, 1.165) is 38.0 Å². The Morgan fingerprint density at radius 3 is 2.52 bits per heavy atom. The molecule has 7 heteroatoms. The second-order valence-electron chi connectivity index (χ2n) is 6.19. The van der Waals surface area contributed by atoms with Crippen molar-refractivity contribution < 1.29 is 9.90 Å². The van der Waals surface area contributed by atoms with Gasteiger partial charge in [-0.3, -0.25) is 4.90 Å². The van der Waals surface area contributed by atoms with Crippen LogP contribution < -0.4 is 5.32 Å². The van der Waals surface area contributed by atoms with E-state index in [1.807, 2.05) is 12.1 Å². The molecule has 0 unspecified atom stereocenters. The molecule has 25 heavy (non-hydrogen) atoms. The molecule has 2 aromatic rings. The summed E-state index contributed by atoms with van der Waals surface area (Å²) >= 11 is 12.1. The Hall–Kier alpha value is -1.82. The number of aromatic carboxylic acids is 1. The number of hydrogen-bond acceptors (Lipinski definition) is 4. The highest BCUT2D eigenvalue weighted by molar-refractivity contribution is 6.34. The second kappa shape index (κ2) is 8.04. The molecule has 0 atom stereocenters. The molecule has 1 aliphatic rings. The standard InChI is InChI=1S/C18H19Cl2N3O2/c19-13-8-12(9-14(20)10-13)11-23-6-4-15(5-7-23)21-17-3-1-2-16(22-17)18(24)25/h1-3,8-10,15H,4-7,11H2,(H,21,22)(H,24,25). The van der Waals surface area contributed by atoms with Crippen molar-refractivity contribution in [2.24, 2.45) is 0 Å². The van der Waals surface area contributed by atoms with Gasteiger partial charge in [-0.25, -0.2) is 9.78 Å². The van der Waals surface area contributed by atoms with Crippen LogP contribution in [0.1, 0.15) is 28.9 Å². The Morgan fingerprint density at radius 1 is 1.20 bits per heavy atom. The average Bonchev–Trinajstić information content (AvgIpc) is 2.56. The molecule has 2 heterocycles. The highest BCUT2D eigenvalue weighted by Crippen LogP contribution is 2.22. The Balaban J connectivity index is 1.53. The van der Waals surface area contributed by atoms with Crippen LogP contribution in [0, 0.1) is 0 Å². The fourth-order valence-corrected chi connectivity index (χ4v) is 3.61. The molecule has 0 spiro atoms. The number of halogens is 2. The van der Waals surface area contributed by atoms with Crippen LogP contribution in [0.15, 0.2) is 36.4 Å². The zero-order valence-electron chi connectivity index (χ0n) is 13.6. The largest absolute Gasteiger partial charge is 0.477 e. The first-order chi connectivity index (χ1) is 12.0. The summed E-state index contributed by atoms with van der Waals surface area (Å²) in [7, 11) is 0. The Morgan fingerprint density at radius 2 is 1.88 bits per heavy atom. The lowest BCUT2D eigenvalue weighted by molar-refractivity contribution is 0.0690. The van der Waals surface area contributed by atoms with Crippen LogP contribution in [-0.2, 0) is 6.54 Å². The van der Waals surface area contributed by atoms with Crippen LogP contribution in [0.4, 0.5) is 5.82 Å². The summed E-state index contributed by atoms with van der Waals surface area (Å²) in [6, 6.07) is 10.9. The predicted molar refractivity (Wildman–Crippen MR) is 99.6 cm³/mol. The molecule has 1 fully saturated rings. The van der Waals surface area contributed by atoms with E-state index in [-0.39, 0.29) is 11.7 Å². The van der Waals surface area contributed by atoms with Gasteiger partial charge in [0.2, 0.25) is 0 Å². The van der Waals surface area contributed by atoms with Crippen molar-refractivity contribution >= 4 is 35.0 Å². The number of rotatable bonds is 5. The average molecular weight is 380 g/mol. The summed E-state index contributed by atoms with van der Waals surface area (Å²) in [5.74, 6) is -0.404. The first-order valence-electron chi connectivity index (χ1n) is 8.14. The van der Waals surface area contributed by atoms with Crippen molar-refractivity contribution in [1.29, 1.82) is 0 Å². The summed E-state index contributed by atoms with van der Waals surface area (Å²) in [4.78, 5) is 17.5. The maximum absolute atomic E-state index is 11.0. The van der Waals surface area contributed by atoms with Gasteiger partial charge in [0.05, 0.1) is 0 Å². The van der Waals surface area contributed by atoms with Gasteiger partial charge in [-0.15, -0.1) is 0 Å². The van der Waals surface area contributed by atoms with Crippen molar-refractivity contribution in [1.82, 2.24) is 9.88 Å². The number of benzene rings is 1. The summed E-state index contributed by atoms with van der Waals surface area (Å²) in [5, 5.41) is 13.7. The van der Waals surface area contributed by atoms with Gasteiger partial charge in [-0.2, -0.15) is 0 Å². The second-order valence-corrected chi connectivity index (χ2v) is 7.06. The lowest BCUT2D eigenvalue weighted by atomic mass is 10.0. The van der Waals surface area contributed by atoms with E-state index in [0.29, 0.717) is 15.9 Å². The van der Waals surface area contributed by atoms with Crippen LogP contribution in [0.25, 0.3) is 0 Å². The van der Waals surface area contributed by atoms with E-state index < -0.39 is 5.97 Å². The lowest BCUT2D eigenvalue weighted by Gasteiger charge is -2.32. The topological polar surface area (TPSA) is 65.5 Å². The van der Waals surface area contributed by atoms with Gasteiger partial charge in [0.15, 0.2) is 5.69 Å². The first kappa shape index (κ1) is 18.0. The van der Waals surface area contributed by atoms with Gasteiger partial charge in [-0.1, -0.05) is 29.3 Å². The van der Waals surface area contributed by atoms with Gasteiger partial charge in [0.1, 0.15) is 5.82 Å². The van der Waals surface area contributed by atoms with Crippen LogP contribution in [0.5, 0.6) is 0 Å². The SMILES string of the molecule is O=C(O)c1cccc(NC2CCN(Cc3cc(Cl)cc(Cl)c3)CC2)n1. The van der Waals surface area contributed by atoms with E-state index in [4.69, 9.17) is 28.3 Å². The van der Waals surface area contributed by atoms with E-state index in [1.165, 1.54) is 6.07 Å². The number of nitrogens with one attached hydrogen (secondary N) is 1. The van der Waals surface area contributed by atoms with Crippen LogP contribution in [-0.4, -0.2) is 40.1 Å². The Labute approximate surface area is 156 Å². The highest BCUT2D eigenvalue weighted by Gasteiger charge is 2.20. The van der Waals surface area contributed by atoms with E-state index in [1.54, 1.807) is 18.2 Å². The molecule has 1 aromatic carbocycles. The third kappa shape index (κ3) is 5.08. The van der Waals surface area contributed by atoms with Gasteiger partial charge >= 0.3 is 5.97 Å². The molecule has 132 valence electrons. The van der Waals surface area contributed by atoms with E-state index >= 15 is 0 Å². The molecule has 3 rings (SSSR count). The number of carboxylic acids is 1. The van der Waals surface area contributed by atoms with Gasteiger partial charge in [0.25, 0.3) is 0 Å². The summed E-state index contributed by atoms with van der Waals surface area (Å²) in [6.07, 6.45) is 1.93. The van der Waals surface area contributed by atoms with Crippen molar-refractivity contribution in [2.75, 3.05) is 18.4 Å². The third-order valence-corrected chi connectivity index (χ3v) is 4.67. The highest BCUT2D eigenvalue weighted by atomic mass is 35.5. The fourth-order valence-electron chi connectivity index (χ4n) is 3.04. The quantitative estimate of drug-likeness (QED) is 0.816. The minimum absolute atomic E-state index is 0.0558. The fraction of sp³-hybridized carbons (Fsp3) is 0.333. The van der Waals surface area contributed by atoms with E-state index in [2.05, 4.69) is 15.2 Å². The maximum atomic E-state index is 11.0. The number of hydrogen-bond donors (Lipinski definition) is 2. The number of anilines is 1. The van der Waals surface area contributed by atoms with Crippen LogP contribution in [0.2, 0.25) is 10.0 Å². The zero-order valence-corrected chi connectivity index (χ0v) is 15.1. The molecular weight excluding hydrogens is 361 g/mol. The Bertz CT molecular complexity index is 741. The van der Waals surface area contributed by atoms with Gasteiger partial charge in [-0.05, 0) is 48.7 Å². The third-order valence-electron chi connectivity index (χ3n) is 4.24. The Kier molecular flexibility index (Phi) is 5.78. The number of likely N-dealkylation sites (tertiary alicyclic amines) is 1. The summed E-state index contributed by atoms with van der Waals surface area (Å²) in [6.45, 7) is 2.71. The molecule has 1 aliphatic heterocycles. The minimum Gasteiger partial charge on any atom is -0.477 e. The molecule has 1 saturated heterocycles. The summed E-state index contributed by atoms with van der Waals surface area (Å²) < 4.78 is 0. The van der Waals surface area contributed by atoms with Gasteiger partial charge in [0, 0.05) is 35.7 Å². The lowest BCUT2D eigenvalue weighted by Crippen LogP contribution is -2.38. The molecule has 1 aromatic heterocycles. The molecule has 0 aliphatic carbocycles. The molecule has 2 N–H and O–H groups in total.